The second-order valence-corrected chi connectivity index (χ2v) is 5.44. The van der Waals surface area contributed by atoms with Gasteiger partial charge in [-0.15, -0.1) is 0 Å². The van der Waals surface area contributed by atoms with Gasteiger partial charge in [-0.05, 0) is 34.0 Å². The minimum absolute atomic E-state index is 0.136. The first-order valence-electron chi connectivity index (χ1n) is 6.10. The highest BCUT2D eigenvalue weighted by molar-refractivity contribution is 9.10. The summed E-state index contributed by atoms with van der Waals surface area (Å²) in [6.45, 7) is 2.21. The number of hydrogen-bond acceptors (Lipinski definition) is 2. The van der Waals surface area contributed by atoms with E-state index in [1.165, 1.54) is 25.7 Å². The zero-order chi connectivity index (χ0) is 12.7. The van der Waals surface area contributed by atoms with Crippen LogP contribution in [0.5, 0.6) is 0 Å². The molecule has 0 fully saturated rings. The van der Waals surface area contributed by atoms with Crippen LogP contribution in [-0.2, 0) is 0 Å². The Morgan fingerprint density at radius 1 is 1.35 bits per heavy atom. The van der Waals surface area contributed by atoms with Crippen molar-refractivity contribution in [2.45, 2.75) is 45.1 Å². The highest BCUT2D eigenvalue weighted by Gasteiger charge is 2.14. The molecule has 0 aliphatic rings. The second-order valence-electron chi connectivity index (χ2n) is 4.21. The average Bonchev–Trinajstić information content (AvgIpc) is 2.34. The smallest absolute Gasteiger partial charge is 0.0596 e. The zero-order valence-electron chi connectivity index (χ0n) is 10.2. The molecular formula is C13H20BrClN2. The molecule has 0 amide bonds. The van der Waals surface area contributed by atoms with Gasteiger partial charge in [0.05, 0.1) is 5.02 Å². The SMILES string of the molecule is CCCCCCC(NN)c1cccc(Br)c1Cl. The van der Waals surface area contributed by atoms with E-state index >= 15 is 0 Å². The Morgan fingerprint density at radius 3 is 2.76 bits per heavy atom. The first-order valence-corrected chi connectivity index (χ1v) is 7.27. The minimum Gasteiger partial charge on any atom is -0.271 e. The van der Waals surface area contributed by atoms with Crippen LogP contribution in [0.15, 0.2) is 22.7 Å². The number of halogens is 2. The maximum Gasteiger partial charge on any atom is 0.0596 e. The molecule has 96 valence electrons. The quantitative estimate of drug-likeness (QED) is 0.438. The van der Waals surface area contributed by atoms with Crippen molar-refractivity contribution in [2.24, 2.45) is 5.84 Å². The predicted molar refractivity (Wildman–Crippen MR) is 78.0 cm³/mol. The number of hydrazine groups is 1. The van der Waals surface area contributed by atoms with E-state index in [9.17, 15) is 0 Å². The maximum atomic E-state index is 6.26. The highest BCUT2D eigenvalue weighted by atomic mass is 79.9. The summed E-state index contributed by atoms with van der Waals surface area (Å²) in [5, 5.41) is 0.756. The average molecular weight is 320 g/mol. The summed E-state index contributed by atoms with van der Waals surface area (Å²) in [5.74, 6) is 5.61. The molecule has 0 aliphatic heterocycles. The van der Waals surface area contributed by atoms with Gasteiger partial charge in [-0.1, -0.05) is 56.3 Å². The molecule has 0 saturated heterocycles. The summed E-state index contributed by atoms with van der Waals surface area (Å²) in [4.78, 5) is 0. The fourth-order valence-electron chi connectivity index (χ4n) is 1.89. The number of nitrogens with two attached hydrogens (primary N) is 1. The topological polar surface area (TPSA) is 38.0 Å². The van der Waals surface area contributed by atoms with E-state index in [2.05, 4.69) is 28.3 Å². The Morgan fingerprint density at radius 2 is 2.12 bits per heavy atom. The van der Waals surface area contributed by atoms with Crippen molar-refractivity contribution in [3.8, 4) is 0 Å². The van der Waals surface area contributed by atoms with Crippen molar-refractivity contribution in [1.29, 1.82) is 0 Å². The van der Waals surface area contributed by atoms with E-state index in [1.807, 2.05) is 18.2 Å². The summed E-state index contributed by atoms with van der Waals surface area (Å²) in [6, 6.07) is 6.09. The number of unbranched alkanes of at least 4 members (excludes halogenated alkanes) is 3. The van der Waals surface area contributed by atoms with Gasteiger partial charge in [-0.2, -0.15) is 0 Å². The number of hydrogen-bond donors (Lipinski definition) is 2. The van der Waals surface area contributed by atoms with Crippen molar-refractivity contribution in [3.63, 3.8) is 0 Å². The zero-order valence-corrected chi connectivity index (χ0v) is 12.5. The van der Waals surface area contributed by atoms with E-state index < -0.39 is 0 Å². The van der Waals surface area contributed by atoms with Crippen molar-refractivity contribution >= 4 is 27.5 Å². The molecule has 1 atom stereocenters. The number of benzene rings is 1. The predicted octanol–water partition coefficient (Wildman–Crippen LogP) is 4.58. The van der Waals surface area contributed by atoms with Crippen LogP contribution < -0.4 is 11.3 Å². The van der Waals surface area contributed by atoms with Crippen LogP contribution >= 0.6 is 27.5 Å². The third kappa shape index (κ3) is 4.59. The van der Waals surface area contributed by atoms with Gasteiger partial charge in [0.15, 0.2) is 0 Å². The van der Waals surface area contributed by atoms with Crippen molar-refractivity contribution in [1.82, 2.24) is 5.43 Å². The summed E-state index contributed by atoms with van der Waals surface area (Å²) in [6.07, 6.45) is 5.97. The highest BCUT2D eigenvalue weighted by Crippen LogP contribution is 2.32. The molecule has 2 nitrogen and oxygen atoms in total. The van der Waals surface area contributed by atoms with E-state index in [0.717, 1.165) is 21.5 Å². The van der Waals surface area contributed by atoms with Crippen molar-refractivity contribution < 1.29 is 0 Å². The van der Waals surface area contributed by atoms with E-state index in [4.69, 9.17) is 17.4 Å². The molecule has 0 spiro atoms. The molecule has 4 heteroatoms. The van der Waals surface area contributed by atoms with Gasteiger partial charge in [0, 0.05) is 10.5 Å². The van der Waals surface area contributed by atoms with Crippen LogP contribution in [0.2, 0.25) is 5.02 Å². The van der Waals surface area contributed by atoms with Gasteiger partial charge in [-0.3, -0.25) is 11.3 Å². The maximum absolute atomic E-state index is 6.26. The molecule has 3 N–H and O–H groups in total. The molecule has 1 aromatic carbocycles. The summed E-state index contributed by atoms with van der Waals surface area (Å²) < 4.78 is 0.922. The second kappa shape index (κ2) is 8.09. The summed E-state index contributed by atoms with van der Waals surface area (Å²) >= 11 is 9.70. The lowest BCUT2D eigenvalue weighted by molar-refractivity contribution is 0.482. The molecule has 0 radical (unpaired) electrons. The van der Waals surface area contributed by atoms with Gasteiger partial charge in [0.25, 0.3) is 0 Å². The van der Waals surface area contributed by atoms with Crippen molar-refractivity contribution in [3.05, 3.63) is 33.3 Å². The molecule has 1 aromatic rings. The van der Waals surface area contributed by atoms with Crippen LogP contribution in [0.4, 0.5) is 0 Å². The Kier molecular flexibility index (Phi) is 7.12. The van der Waals surface area contributed by atoms with Crippen LogP contribution in [0, 0.1) is 0 Å². The molecule has 1 unspecified atom stereocenters. The van der Waals surface area contributed by atoms with Crippen LogP contribution in [0.25, 0.3) is 0 Å². The number of rotatable bonds is 7. The van der Waals surface area contributed by atoms with E-state index in [-0.39, 0.29) is 6.04 Å². The fraction of sp³-hybridized carbons (Fsp3) is 0.538. The monoisotopic (exact) mass is 318 g/mol. The first kappa shape index (κ1) is 15.0. The van der Waals surface area contributed by atoms with Crippen LogP contribution in [-0.4, -0.2) is 0 Å². The van der Waals surface area contributed by atoms with Crippen LogP contribution in [0.1, 0.15) is 50.6 Å². The molecule has 0 bridgehead atoms. The van der Waals surface area contributed by atoms with Gasteiger partial charge < -0.3 is 0 Å². The third-order valence-electron chi connectivity index (χ3n) is 2.90. The molecule has 0 heterocycles. The largest absolute Gasteiger partial charge is 0.271 e. The molecule has 0 aliphatic carbocycles. The van der Waals surface area contributed by atoms with Gasteiger partial charge in [-0.25, -0.2) is 0 Å². The Labute approximate surface area is 117 Å². The van der Waals surface area contributed by atoms with Crippen molar-refractivity contribution in [2.75, 3.05) is 0 Å². The Bertz CT molecular complexity index is 344. The minimum atomic E-state index is 0.136. The Hall–Kier alpha value is -0.0900. The lowest BCUT2D eigenvalue weighted by Gasteiger charge is -2.18. The van der Waals surface area contributed by atoms with Gasteiger partial charge in [0.2, 0.25) is 0 Å². The molecule has 0 saturated carbocycles. The van der Waals surface area contributed by atoms with E-state index in [0.29, 0.717) is 0 Å². The third-order valence-corrected chi connectivity index (χ3v) is 4.22. The standard InChI is InChI=1S/C13H20BrClN2/c1-2-3-4-5-9-12(17-16)10-7-6-8-11(14)13(10)15/h6-8,12,17H,2-5,9,16H2,1H3. The van der Waals surface area contributed by atoms with Gasteiger partial charge in [0.1, 0.15) is 0 Å². The molecule has 17 heavy (non-hydrogen) atoms. The van der Waals surface area contributed by atoms with Gasteiger partial charge >= 0.3 is 0 Å². The molecule has 1 rings (SSSR count). The summed E-state index contributed by atoms with van der Waals surface area (Å²) in [5.41, 5.74) is 3.93. The Balaban J connectivity index is 2.63. The van der Waals surface area contributed by atoms with E-state index in [1.54, 1.807) is 0 Å². The lowest BCUT2D eigenvalue weighted by Crippen LogP contribution is -2.28. The lowest BCUT2D eigenvalue weighted by atomic mass is 10.0. The first-order chi connectivity index (χ1) is 8.20. The summed E-state index contributed by atoms with van der Waals surface area (Å²) in [7, 11) is 0. The molecule has 0 aromatic heterocycles. The van der Waals surface area contributed by atoms with Crippen LogP contribution in [0.3, 0.4) is 0 Å². The normalized spacial score (nSPS) is 12.7. The molecular weight excluding hydrogens is 300 g/mol. The number of nitrogens with one attached hydrogen (secondary N) is 1. The fourth-order valence-corrected chi connectivity index (χ4v) is 2.53.